The van der Waals surface area contributed by atoms with Crippen molar-refractivity contribution in [3.8, 4) is 0 Å². The van der Waals surface area contributed by atoms with Gasteiger partial charge < -0.3 is 20.1 Å². The van der Waals surface area contributed by atoms with E-state index in [1.807, 2.05) is 13.0 Å². The second-order valence-corrected chi connectivity index (χ2v) is 7.30. The van der Waals surface area contributed by atoms with Crippen molar-refractivity contribution in [2.45, 2.75) is 38.3 Å². The number of anilines is 2. The monoisotopic (exact) mass is 380 g/mol. The molecule has 2 aromatic rings. The van der Waals surface area contributed by atoms with Gasteiger partial charge in [0.25, 0.3) is 0 Å². The van der Waals surface area contributed by atoms with E-state index in [-0.39, 0.29) is 18.0 Å². The van der Waals surface area contributed by atoms with Gasteiger partial charge >= 0.3 is 0 Å². The molecule has 1 aromatic carbocycles. The van der Waals surface area contributed by atoms with Gasteiger partial charge in [0.2, 0.25) is 5.13 Å². The number of aromatic nitrogens is 2. The van der Waals surface area contributed by atoms with E-state index in [4.69, 9.17) is 4.74 Å². The minimum atomic E-state index is -0.257. The maximum Gasteiger partial charge on any atom is 0.203 e. The van der Waals surface area contributed by atoms with Gasteiger partial charge in [0.05, 0.1) is 18.8 Å². The zero-order valence-corrected chi connectivity index (χ0v) is 15.9. The van der Waals surface area contributed by atoms with E-state index in [1.54, 1.807) is 13.2 Å². The highest BCUT2D eigenvalue weighted by molar-refractivity contribution is 7.09. The molecule has 8 heteroatoms. The summed E-state index contributed by atoms with van der Waals surface area (Å²) < 4.78 is 23.3. The second kappa shape index (κ2) is 8.75. The predicted molar refractivity (Wildman–Crippen MR) is 101 cm³/mol. The van der Waals surface area contributed by atoms with Gasteiger partial charge in [-0.2, -0.15) is 4.37 Å². The standard InChI is InChI=1S/C18H25FN4O2S/c1-12(20-18-21-17(22-26-18)7-10-25-2)15-11-13(19)3-4-16(15)23-8-5-14(24)6-9-23/h3-4,11-12,14,24H,5-10H2,1-2H3,(H,20,21,22). The Balaban J connectivity index is 1.74. The van der Waals surface area contributed by atoms with Gasteiger partial charge in [0, 0.05) is 49.4 Å². The summed E-state index contributed by atoms with van der Waals surface area (Å²) in [6.45, 7) is 4.12. The number of rotatable bonds is 7. The lowest BCUT2D eigenvalue weighted by molar-refractivity contribution is 0.145. The lowest BCUT2D eigenvalue weighted by Gasteiger charge is -2.34. The van der Waals surface area contributed by atoms with Crippen molar-refractivity contribution >= 4 is 22.4 Å². The molecule has 0 aliphatic carbocycles. The fourth-order valence-electron chi connectivity index (χ4n) is 3.14. The van der Waals surface area contributed by atoms with Crippen LogP contribution in [0.4, 0.5) is 15.2 Å². The Hall–Kier alpha value is -1.77. The van der Waals surface area contributed by atoms with Gasteiger partial charge in [0.15, 0.2) is 0 Å². The molecule has 142 valence electrons. The molecule has 2 heterocycles. The minimum Gasteiger partial charge on any atom is -0.393 e. The Morgan fingerprint density at radius 2 is 2.19 bits per heavy atom. The number of hydrogen-bond donors (Lipinski definition) is 2. The zero-order chi connectivity index (χ0) is 18.5. The van der Waals surface area contributed by atoms with Crippen molar-refractivity contribution in [2.24, 2.45) is 0 Å². The van der Waals surface area contributed by atoms with Crippen LogP contribution in [-0.4, -0.2) is 47.4 Å². The van der Waals surface area contributed by atoms with Crippen LogP contribution in [0.2, 0.25) is 0 Å². The van der Waals surface area contributed by atoms with E-state index in [9.17, 15) is 9.50 Å². The third-order valence-corrected chi connectivity index (χ3v) is 5.28. The molecule has 0 radical (unpaired) electrons. The first-order valence-corrected chi connectivity index (χ1v) is 9.64. The van der Waals surface area contributed by atoms with Crippen LogP contribution < -0.4 is 10.2 Å². The molecule has 0 saturated carbocycles. The number of halogens is 1. The molecular weight excluding hydrogens is 355 g/mol. The Morgan fingerprint density at radius 1 is 1.42 bits per heavy atom. The average Bonchev–Trinajstić information content (AvgIpc) is 3.08. The van der Waals surface area contributed by atoms with E-state index >= 15 is 0 Å². The Morgan fingerprint density at radius 3 is 2.92 bits per heavy atom. The Labute approximate surface area is 157 Å². The number of nitrogens with one attached hydrogen (secondary N) is 1. The first-order chi connectivity index (χ1) is 12.6. The predicted octanol–water partition coefficient (Wildman–Crippen LogP) is 3.00. The number of aliphatic hydroxyl groups excluding tert-OH is 1. The van der Waals surface area contributed by atoms with Crippen molar-refractivity contribution in [3.63, 3.8) is 0 Å². The van der Waals surface area contributed by atoms with E-state index < -0.39 is 0 Å². The van der Waals surface area contributed by atoms with E-state index in [0.29, 0.717) is 18.2 Å². The smallest absolute Gasteiger partial charge is 0.203 e. The summed E-state index contributed by atoms with van der Waals surface area (Å²) in [6, 6.07) is 4.77. The summed E-state index contributed by atoms with van der Waals surface area (Å²) in [5.41, 5.74) is 1.89. The van der Waals surface area contributed by atoms with Crippen molar-refractivity contribution in [1.29, 1.82) is 0 Å². The first-order valence-electron chi connectivity index (χ1n) is 8.87. The molecular formula is C18H25FN4O2S. The maximum atomic E-state index is 13.9. The highest BCUT2D eigenvalue weighted by atomic mass is 32.1. The minimum absolute atomic E-state index is 0.115. The molecule has 6 nitrogen and oxygen atoms in total. The number of aliphatic hydroxyl groups is 1. The SMILES string of the molecule is COCCc1nsc(NC(C)c2cc(F)ccc2N2CCC(O)CC2)n1. The lowest BCUT2D eigenvalue weighted by atomic mass is 10.0. The number of ether oxygens (including phenoxy) is 1. The molecule has 1 unspecified atom stereocenters. The third-order valence-electron chi connectivity index (χ3n) is 4.60. The summed E-state index contributed by atoms with van der Waals surface area (Å²) in [5, 5.41) is 13.8. The van der Waals surface area contributed by atoms with Crippen LogP contribution in [-0.2, 0) is 11.2 Å². The number of piperidine rings is 1. The quantitative estimate of drug-likeness (QED) is 0.770. The molecule has 0 amide bonds. The largest absolute Gasteiger partial charge is 0.393 e. The van der Waals surface area contributed by atoms with E-state index in [2.05, 4.69) is 19.6 Å². The topological polar surface area (TPSA) is 70.5 Å². The van der Waals surface area contributed by atoms with E-state index in [0.717, 1.165) is 43.0 Å². The van der Waals surface area contributed by atoms with Gasteiger partial charge in [-0.25, -0.2) is 9.37 Å². The summed E-state index contributed by atoms with van der Waals surface area (Å²) in [5.74, 6) is 0.489. The van der Waals surface area contributed by atoms with Gasteiger partial charge in [-0.3, -0.25) is 0 Å². The highest BCUT2D eigenvalue weighted by Gasteiger charge is 2.22. The van der Waals surface area contributed by atoms with Crippen molar-refractivity contribution in [3.05, 3.63) is 35.4 Å². The fourth-order valence-corrected chi connectivity index (χ4v) is 3.84. The molecule has 1 atom stereocenters. The molecule has 26 heavy (non-hydrogen) atoms. The fraction of sp³-hybridized carbons (Fsp3) is 0.556. The molecule has 2 N–H and O–H groups in total. The maximum absolute atomic E-state index is 13.9. The van der Waals surface area contributed by atoms with Crippen LogP contribution in [0.25, 0.3) is 0 Å². The van der Waals surface area contributed by atoms with Crippen LogP contribution in [0.5, 0.6) is 0 Å². The second-order valence-electron chi connectivity index (χ2n) is 6.55. The molecule has 0 spiro atoms. The molecule has 1 saturated heterocycles. The normalized spacial score (nSPS) is 16.7. The van der Waals surface area contributed by atoms with Crippen molar-refractivity contribution < 1.29 is 14.2 Å². The van der Waals surface area contributed by atoms with Crippen LogP contribution in [0.3, 0.4) is 0 Å². The number of hydrogen-bond acceptors (Lipinski definition) is 7. The van der Waals surface area contributed by atoms with Gasteiger partial charge in [-0.05, 0) is 38.0 Å². The van der Waals surface area contributed by atoms with Gasteiger partial charge in [-0.15, -0.1) is 0 Å². The molecule has 1 aliphatic rings. The lowest BCUT2D eigenvalue weighted by Crippen LogP contribution is -2.36. The number of benzene rings is 1. The summed E-state index contributed by atoms with van der Waals surface area (Å²) >= 11 is 1.30. The van der Waals surface area contributed by atoms with Crippen LogP contribution in [0, 0.1) is 5.82 Å². The highest BCUT2D eigenvalue weighted by Crippen LogP contribution is 2.31. The summed E-state index contributed by atoms with van der Waals surface area (Å²) in [7, 11) is 1.65. The Bertz CT molecular complexity index is 719. The number of methoxy groups -OCH3 is 1. The molecule has 1 aliphatic heterocycles. The third kappa shape index (κ3) is 4.69. The zero-order valence-electron chi connectivity index (χ0n) is 15.1. The average molecular weight is 380 g/mol. The van der Waals surface area contributed by atoms with Gasteiger partial charge in [0.1, 0.15) is 11.6 Å². The first kappa shape index (κ1) is 19.0. The summed E-state index contributed by atoms with van der Waals surface area (Å²) in [4.78, 5) is 6.68. The van der Waals surface area contributed by atoms with Crippen LogP contribution in [0.1, 0.15) is 37.2 Å². The molecule has 1 fully saturated rings. The summed E-state index contributed by atoms with van der Waals surface area (Å²) in [6.07, 6.45) is 1.90. The van der Waals surface area contributed by atoms with Crippen molar-refractivity contribution in [2.75, 3.05) is 37.0 Å². The van der Waals surface area contributed by atoms with Crippen LogP contribution in [0.15, 0.2) is 18.2 Å². The van der Waals surface area contributed by atoms with Crippen LogP contribution >= 0.6 is 11.5 Å². The Kier molecular flexibility index (Phi) is 6.39. The number of nitrogens with zero attached hydrogens (tertiary/aromatic N) is 3. The van der Waals surface area contributed by atoms with Gasteiger partial charge in [-0.1, -0.05) is 0 Å². The molecule has 0 bridgehead atoms. The molecule has 3 rings (SSSR count). The van der Waals surface area contributed by atoms with Crippen molar-refractivity contribution in [1.82, 2.24) is 9.36 Å². The molecule has 1 aromatic heterocycles. The van der Waals surface area contributed by atoms with E-state index in [1.165, 1.54) is 17.6 Å².